The first-order valence-electron chi connectivity index (χ1n) is 11.6. The Labute approximate surface area is 202 Å². The Morgan fingerprint density at radius 2 is 1.94 bits per heavy atom. The van der Waals surface area contributed by atoms with Crippen molar-refractivity contribution in [1.82, 2.24) is 23.6 Å². The summed E-state index contributed by atoms with van der Waals surface area (Å²) < 4.78 is 25.6. The van der Waals surface area contributed by atoms with Gasteiger partial charge in [0, 0.05) is 37.9 Å². The van der Waals surface area contributed by atoms with Gasteiger partial charge in [0.15, 0.2) is 0 Å². The van der Waals surface area contributed by atoms with Crippen LogP contribution in [0.1, 0.15) is 37.8 Å². The molecule has 0 N–H and O–H groups in total. The second-order valence-corrected chi connectivity index (χ2v) is 9.19. The molecule has 1 unspecified atom stereocenters. The zero-order valence-corrected chi connectivity index (χ0v) is 20.2. The fourth-order valence-electron chi connectivity index (χ4n) is 4.64. The average Bonchev–Trinajstić information content (AvgIpc) is 3.63. The van der Waals surface area contributed by atoms with Gasteiger partial charge in [-0.15, -0.1) is 5.10 Å². The van der Waals surface area contributed by atoms with Crippen molar-refractivity contribution in [2.75, 3.05) is 13.7 Å². The second-order valence-electron chi connectivity index (χ2n) is 8.82. The molecule has 9 heteroatoms. The van der Waals surface area contributed by atoms with Gasteiger partial charge < -0.3 is 4.74 Å². The van der Waals surface area contributed by atoms with Crippen molar-refractivity contribution in [3.8, 4) is 0 Å². The van der Waals surface area contributed by atoms with E-state index >= 15 is 0 Å². The Hall–Kier alpha value is -2.88. The molecule has 34 heavy (non-hydrogen) atoms. The molecule has 0 saturated heterocycles. The summed E-state index contributed by atoms with van der Waals surface area (Å²) in [7, 11) is 1.65. The van der Waals surface area contributed by atoms with Crippen LogP contribution >= 0.6 is 12.2 Å². The second kappa shape index (κ2) is 9.40. The summed E-state index contributed by atoms with van der Waals surface area (Å²) in [5.74, 6) is 0.302. The molecule has 2 aromatic carbocycles. The van der Waals surface area contributed by atoms with Gasteiger partial charge in [-0.2, -0.15) is 0 Å². The van der Waals surface area contributed by atoms with Crippen LogP contribution in [0.4, 0.5) is 4.39 Å². The van der Waals surface area contributed by atoms with Crippen molar-refractivity contribution in [1.29, 1.82) is 0 Å². The van der Waals surface area contributed by atoms with E-state index in [0.717, 1.165) is 18.4 Å². The highest BCUT2D eigenvalue weighted by Gasteiger charge is 2.34. The summed E-state index contributed by atoms with van der Waals surface area (Å²) in [5.41, 5.74) is 1.30. The van der Waals surface area contributed by atoms with E-state index in [0.29, 0.717) is 53.8 Å². The molecule has 2 aromatic heterocycles. The van der Waals surface area contributed by atoms with Crippen molar-refractivity contribution < 1.29 is 9.13 Å². The third kappa shape index (κ3) is 4.08. The van der Waals surface area contributed by atoms with Crippen LogP contribution < -0.4 is 5.56 Å². The van der Waals surface area contributed by atoms with Gasteiger partial charge in [0.1, 0.15) is 5.82 Å². The number of aryl methyl sites for hydroxylation is 1. The van der Waals surface area contributed by atoms with E-state index < -0.39 is 0 Å². The third-order valence-electron chi connectivity index (χ3n) is 6.58. The maximum atomic E-state index is 14.6. The van der Waals surface area contributed by atoms with E-state index in [4.69, 9.17) is 22.1 Å². The van der Waals surface area contributed by atoms with Gasteiger partial charge in [0.05, 0.1) is 17.6 Å². The molecule has 178 valence electrons. The summed E-state index contributed by atoms with van der Waals surface area (Å²) in [5, 5.41) is 5.41. The molecule has 2 heterocycles. The molecule has 4 aromatic rings. The molecule has 7 nitrogen and oxygen atoms in total. The van der Waals surface area contributed by atoms with Gasteiger partial charge in [-0.05, 0) is 56.6 Å². The van der Waals surface area contributed by atoms with E-state index in [2.05, 4.69) is 4.90 Å². The van der Waals surface area contributed by atoms with Crippen molar-refractivity contribution in [2.45, 2.75) is 51.5 Å². The summed E-state index contributed by atoms with van der Waals surface area (Å²) in [6, 6.07) is 14.6. The lowest BCUT2D eigenvalue weighted by Crippen LogP contribution is -2.32. The number of hydrogen-bond acceptors (Lipinski definition) is 5. The van der Waals surface area contributed by atoms with Crippen molar-refractivity contribution in [2.24, 2.45) is 0 Å². The summed E-state index contributed by atoms with van der Waals surface area (Å²) in [4.78, 5) is 15.5. The molecule has 0 spiro atoms. The average molecular weight is 482 g/mol. The fraction of sp³-hybridized carbons (Fsp3) is 0.400. The number of hydrogen-bond donors (Lipinski definition) is 0. The molecule has 0 amide bonds. The highest BCUT2D eigenvalue weighted by molar-refractivity contribution is 7.71. The lowest BCUT2D eigenvalue weighted by molar-refractivity contribution is 0.140. The Morgan fingerprint density at radius 1 is 1.21 bits per heavy atom. The number of nitrogens with zero attached hydrogens (tertiary/aromatic N) is 5. The number of rotatable bonds is 9. The summed E-state index contributed by atoms with van der Waals surface area (Å²) in [6.07, 6.45) is 2.80. The standard InChI is InChI=1S/C25H28FN5O2S/c1-17(19-8-3-5-10-21(19)26)29(18-12-13-18)16-30-25(34)31-22-11-6-4-9-20(22)23(32)28(24(31)27-30)14-7-15-33-2/h3-6,8-11,17-18H,7,12-16H2,1-2H3. The van der Waals surface area contributed by atoms with Gasteiger partial charge >= 0.3 is 0 Å². The van der Waals surface area contributed by atoms with Crippen molar-refractivity contribution in [3.63, 3.8) is 0 Å². The zero-order chi connectivity index (χ0) is 23.8. The lowest BCUT2D eigenvalue weighted by atomic mass is 10.1. The predicted octanol–water partition coefficient (Wildman–Crippen LogP) is 4.54. The minimum atomic E-state index is -0.211. The van der Waals surface area contributed by atoms with E-state index in [9.17, 15) is 9.18 Å². The number of benzene rings is 2. The van der Waals surface area contributed by atoms with Crippen LogP contribution in [0.5, 0.6) is 0 Å². The Kier molecular flexibility index (Phi) is 6.33. The number of ether oxygens (including phenoxy) is 1. The SMILES string of the molecule is COCCCn1c(=O)c2ccccc2n2c(=S)n(CN(C3CC3)C(C)c3ccccc3F)nc12. The number of halogens is 1. The first-order valence-corrected chi connectivity index (χ1v) is 12.0. The highest BCUT2D eigenvalue weighted by atomic mass is 32.1. The van der Waals surface area contributed by atoms with Crippen LogP contribution in [0.3, 0.4) is 0 Å². The Bertz CT molecular complexity index is 1460. The Morgan fingerprint density at radius 3 is 2.68 bits per heavy atom. The van der Waals surface area contributed by atoms with Gasteiger partial charge in [0.2, 0.25) is 10.5 Å². The zero-order valence-electron chi connectivity index (χ0n) is 19.4. The monoisotopic (exact) mass is 481 g/mol. The molecular formula is C25H28FN5O2S. The minimum absolute atomic E-state index is 0.0925. The number of methoxy groups -OCH3 is 1. The Balaban J connectivity index is 1.61. The minimum Gasteiger partial charge on any atom is -0.385 e. The van der Waals surface area contributed by atoms with Crippen LogP contribution in [-0.4, -0.2) is 43.4 Å². The quantitative estimate of drug-likeness (QED) is 0.260. The summed E-state index contributed by atoms with van der Waals surface area (Å²) >= 11 is 5.87. The van der Waals surface area contributed by atoms with Crippen molar-refractivity contribution in [3.05, 3.63) is 75.0 Å². The molecule has 1 aliphatic rings. The first-order chi connectivity index (χ1) is 16.5. The molecule has 1 aliphatic carbocycles. The molecule has 1 fully saturated rings. The molecule has 0 radical (unpaired) electrons. The van der Waals surface area contributed by atoms with Crippen LogP contribution in [0, 0.1) is 10.6 Å². The first kappa shape index (κ1) is 22.9. The van der Waals surface area contributed by atoms with Gasteiger partial charge in [-0.25, -0.2) is 9.07 Å². The highest BCUT2D eigenvalue weighted by Crippen LogP contribution is 2.35. The molecular weight excluding hydrogens is 453 g/mol. The van der Waals surface area contributed by atoms with Gasteiger partial charge in [-0.3, -0.25) is 18.7 Å². The molecule has 5 rings (SSSR count). The largest absolute Gasteiger partial charge is 0.385 e. The van der Waals surface area contributed by atoms with Crippen LogP contribution in [0.25, 0.3) is 16.7 Å². The fourth-order valence-corrected chi connectivity index (χ4v) is 4.91. The molecule has 0 aliphatic heterocycles. The van der Waals surface area contributed by atoms with Gasteiger partial charge in [-0.1, -0.05) is 30.3 Å². The van der Waals surface area contributed by atoms with Crippen molar-refractivity contribution >= 4 is 28.9 Å². The van der Waals surface area contributed by atoms with E-state index in [1.807, 2.05) is 47.7 Å². The number of fused-ring (bicyclic) bond motifs is 3. The topological polar surface area (TPSA) is 56.7 Å². The van der Waals surface area contributed by atoms with E-state index in [1.54, 1.807) is 22.4 Å². The maximum Gasteiger partial charge on any atom is 0.262 e. The van der Waals surface area contributed by atoms with Crippen LogP contribution in [-0.2, 0) is 18.0 Å². The number of aromatic nitrogens is 4. The normalized spacial score (nSPS) is 14.9. The molecule has 1 saturated carbocycles. The third-order valence-corrected chi connectivity index (χ3v) is 6.97. The molecule has 1 atom stereocenters. The van der Waals surface area contributed by atoms with Gasteiger partial charge in [0.25, 0.3) is 5.56 Å². The summed E-state index contributed by atoms with van der Waals surface area (Å²) in [6.45, 7) is 3.46. The maximum absolute atomic E-state index is 14.6. The van der Waals surface area contributed by atoms with E-state index in [1.165, 1.54) is 6.07 Å². The van der Waals surface area contributed by atoms with Crippen LogP contribution in [0.15, 0.2) is 53.3 Å². The van der Waals surface area contributed by atoms with Crippen LogP contribution in [0.2, 0.25) is 0 Å². The lowest BCUT2D eigenvalue weighted by Gasteiger charge is -2.29. The number of para-hydroxylation sites is 1. The predicted molar refractivity (Wildman–Crippen MR) is 132 cm³/mol. The molecule has 0 bridgehead atoms. The van der Waals surface area contributed by atoms with E-state index in [-0.39, 0.29) is 17.4 Å². The smallest absolute Gasteiger partial charge is 0.262 e.